The highest BCUT2D eigenvalue weighted by atomic mass is 127. The third-order valence-electron chi connectivity index (χ3n) is 9.26. The number of nitrogen functional groups attached to an aromatic ring is 2. The van der Waals surface area contributed by atoms with Crippen LogP contribution in [0.4, 0.5) is 11.6 Å². The number of aliphatic hydroxyl groups is 5. The molecular formula is C38H53ClIN9O9. The number of aliphatic carboxylic acids is 1. The van der Waals surface area contributed by atoms with Gasteiger partial charge in [-0.25, -0.2) is 14.8 Å². The van der Waals surface area contributed by atoms with Crippen LogP contribution in [0.2, 0.25) is 5.15 Å². The Balaban J connectivity index is 1.39. The fourth-order valence-electron chi connectivity index (χ4n) is 5.84. The van der Waals surface area contributed by atoms with E-state index in [-0.39, 0.29) is 58.3 Å². The molecule has 0 aliphatic heterocycles. The van der Waals surface area contributed by atoms with Crippen molar-refractivity contribution < 1.29 is 45.0 Å². The van der Waals surface area contributed by atoms with E-state index in [4.69, 9.17) is 33.9 Å². The van der Waals surface area contributed by atoms with Crippen molar-refractivity contribution in [3.05, 3.63) is 70.5 Å². The summed E-state index contributed by atoms with van der Waals surface area (Å²) >= 11 is 7.82. The smallest absolute Gasteiger partial charge is 0.326 e. The van der Waals surface area contributed by atoms with Crippen molar-refractivity contribution in [1.82, 2.24) is 25.5 Å². The number of aliphatic hydroxyl groups excluding tert-OH is 5. The average molecular weight is 942 g/mol. The molecule has 0 fully saturated rings. The fraction of sp³-hybridized carbons (Fsp3) is 0.474. The van der Waals surface area contributed by atoms with E-state index in [0.717, 1.165) is 41.5 Å². The number of nitrogens with two attached hydrogens (primary N) is 3. The number of anilines is 2. The van der Waals surface area contributed by atoms with Crippen molar-refractivity contribution in [2.45, 2.75) is 81.8 Å². The Morgan fingerprint density at radius 2 is 1.45 bits per heavy atom. The molecule has 0 spiro atoms. The molecule has 1 heterocycles. The van der Waals surface area contributed by atoms with Crippen LogP contribution in [-0.2, 0) is 22.4 Å². The van der Waals surface area contributed by atoms with Crippen LogP contribution in [0.15, 0.2) is 53.5 Å². The molecule has 0 bridgehead atoms. The van der Waals surface area contributed by atoms with Gasteiger partial charge in [-0.2, -0.15) is 0 Å². The molecule has 0 aliphatic rings. The summed E-state index contributed by atoms with van der Waals surface area (Å²) in [5.74, 6) is -2.40. The first-order valence-electron chi connectivity index (χ1n) is 18.7. The Kier molecular flexibility index (Phi) is 20.5. The van der Waals surface area contributed by atoms with E-state index >= 15 is 0 Å². The zero-order valence-corrected chi connectivity index (χ0v) is 34.8. The van der Waals surface area contributed by atoms with Gasteiger partial charge in [0.1, 0.15) is 24.4 Å². The van der Waals surface area contributed by atoms with E-state index in [1.54, 1.807) is 0 Å². The van der Waals surface area contributed by atoms with Gasteiger partial charge in [0.15, 0.2) is 28.4 Å². The van der Waals surface area contributed by atoms with E-state index < -0.39 is 48.9 Å². The molecule has 0 radical (unpaired) electrons. The second-order valence-corrected chi connectivity index (χ2v) is 14.6. The number of unbranched alkanes of at least 4 members (excludes halogenated alkanes) is 2. The van der Waals surface area contributed by atoms with Crippen LogP contribution in [0.1, 0.15) is 60.1 Å². The number of hydrogen-bond donors (Lipinski definition) is 11. The first kappa shape index (κ1) is 48.2. The number of aliphatic imine (C=N–C) groups is 1. The number of nitrogens with one attached hydrogen (secondary N) is 2. The van der Waals surface area contributed by atoms with Crippen LogP contribution in [0.3, 0.4) is 0 Å². The van der Waals surface area contributed by atoms with E-state index in [9.17, 15) is 39.9 Å². The Bertz CT molecular complexity index is 1810. The number of benzene rings is 2. The number of nitrogens with zero attached hydrogens (tertiary/aromatic N) is 4. The molecule has 0 unspecified atom stereocenters. The van der Waals surface area contributed by atoms with E-state index in [1.807, 2.05) is 59.0 Å². The maximum Gasteiger partial charge on any atom is 0.326 e. The highest BCUT2D eigenvalue weighted by molar-refractivity contribution is 14.1. The first-order valence-corrected chi connectivity index (χ1v) is 20.6. The van der Waals surface area contributed by atoms with Crippen LogP contribution in [0.5, 0.6) is 0 Å². The SMILES string of the molecule is NC(=NCCCCc1ccc(-c2ccc(CCC(=O)N(CI)[C@H](CCCCNC[C@H](O)[C@@H](O)[C@H](O)[C@H](O)CO)C(=O)O)cc2)cc1)NC(=O)c1nc(Cl)c(N)nc1N. The first-order chi connectivity index (χ1) is 27.7. The fourth-order valence-corrected chi connectivity index (χ4v) is 6.83. The number of hydrogen-bond acceptors (Lipinski definition) is 14. The van der Waals surface area contributed by atoms with Gasteiger partial charge in [0.2, 0.25) is 5.91 Å². The molecule has 318 valence electrons. The molecule has 2 amide bonds. The highest BCUT2D eigenvalue weighted by Gasteiger charge is 2.30. The van der Waals surface area contributed by atoms with Crippen LogP contribution < -0.4 is 27.8 Å². The number of carbonyl (C=O) groups excluding carboxylic acids is 2. The molecule has 14 N–H and O–H groups in total. The van der Waals surface area contributed by atoms with Gasteiger partial charge in [-0.1, -0.05) is 82.7 Å². The van der Waals surface area contributed by atoms with Gasteiger partial charge in [-0.15, -0.1) is 0 Å². The van der Waals surface area contributed by atoms with Gasteiger partial charge in [0, 0.05) is 19.5 Å². The van der Waals surface area contributed by atoms with Crippen molar-refractivity contribution in [3.63, 3.8) is 0 Å². The summed E-state index contributed by atoms with van der Waals surface area (Å²) in [5.41, 5.74) is 21.0. The van der Waals surface area contributed by atoms with Crippen LogP contribution in [0.25, 0.3) is 11.1 Å². The lowest BCUT2D eigenvalue weighted by Gasteiger charge is -2.27. The number of amides is 2. The van der Waals surface area contributed by atoms with Crippen LogP contribution >= 0.6 is 34.2 Å². The molecule has 3 rings (SSSR count). The molecule has 20 heteroatoms. The Morgan fingerprint density at radius 3 is 2.03 bits per heavy atom. The number of guanidine groups is 1. The van der Waals surface area contributed by atoms with Crippen molar-refractivity contribution in [1.29, 1.82) is 0 Å². The van der Waals surface area contributed by atoms with Gasteiger partial charge in [-0.3, -0.25) is 19.9 Å². The number of alkyl halides is 1. The summed E-state index contributed by atoms with van der Waals surface area (Å²) in [6.45, 7) is -0.0817. The molecular weight excluding hydrogens is 889 g/mol. The Labute approximate surface area is 355 Å². The zero-order chi connectivity index (χ0) is 42.8. The van der Waals surface area contributed by atoms with E-state index in [0.29, 0.717) is 32.4 Å². The van der Waals surface area contributed by atoms with Crippen LogP contribution in [-0.4, -0.2) is 131 Å². The lowest BCUT2D eigenvalue weighted by molar-refractivity contribution is -0.149. The molecule has 0 aliphatic carbocycles. The minimum absolute atomic E-state index is 0.0817. The molecule has 0 saturated carbocycles. The monoisotopic (exact) mass is 941 g/mol. The van der Waals surface area contributed by atoms with Gasteiger partial charge >= 0.3 is 5.97 Å². The third kappa shape index (κ3) is 15.2. The number of halogens is 2. The summed E-state index contributed by atoms with van der Waals surface area (Å²) in [6, 6.07) is 15.1. The molecule has 2 aromatic carbocycles. The third-order valence-corrected chi connectivity index (χ3v) is 10.3. The largest absolute Gasteiger partial charge is 0.480 e. The number of aryl methyl sites for hydroxylation is 2. The summed E-state index contributed by atoms with van der Waals surface area (Å²) < 4.78 is 0.212. The Morgan fingerprint density at radius 1 is 0.845 bits per heavy atom. The summed E-state index contributed by atoms with van der Waals surface area (Å²) in [5, 5.41) is 63.0. The lowest BCUT2D eigenvalue weighted by Crippen LogP contribution is -2.49. The van der Waals surface area contributed by atoms with Gasteiger partial charge in [0.25, 0.3) is 5.91 Å². The minimum atomic E-state index is -1.71. The molecule has 58 heavy (non-hydrogen) atoms. The van der Waals surface area contributed by atoms with Crippen molar-refractivity contribution >= 4 is 69.6 Å². The predicted octanol–water partition coefficient (Wildman–Crippen LogP) is 0.832. The molecule has 0 saturated heterocycles. The van der Waals surface area contributed by atoms with E-state index in [2.05, 4.69) is 37.7 Å². The van der Waals surface area contributed by atoms with Gasteiger partial charge in [-0.05, 0) is 73.7 Å². The predicted molar refractivity (Wildman–Crippen MR) is 228 cm³/mol. The lowest BCUT2D eigenvalue weighted by atomic mass is 9.99. The minimum Gasteiger partial charge on any atom is -0.480 e. The normalized spacial score (nSPS) is 14.3. The quantitative estimate of drug-likeness (QED) is 0.0148. The van der Waals surface area contributed by atoms with E-state index in [1.165, 1.54) is 4.90 Å². The van der Waals surface area contributed by atoms with Crippen molar-refractivity contribution in [2.24, 2.45) is 10.7 Å². The van der Waals surface area contributed by atoms with Crippen molar-refractivity contribution in [3.8, 4) is 11.1 Å². The number of rotatable bonds is 24. The van der Waals surface area contributed by atoms with Gasteiger partial charge < -0.3 is 58.1 Å². The highest BCUT2D eigenvalue weighted by Crippen LogP contribution is 2.23. The van der Waals surface area contributed by atoms with Crippen LogP contribution in [0, 0.1) is 0 Å². The summed E-state index contributed by atoms with van der Waals surface area (Å²) in [7, 11) is 0. The number of carboxylic acid groups (broad SMARTS) is 1. The summed E-state index contributed by atoms with van der Waals surface area (Å²) in [6.07, 6.45) is -2.13. The topological polar surface area (TPSA) is 316 Å². The standard InChI is InChI=1S/C38H53ClIN9O9/c39-33-35(42)47-34(41)30(46-33)36(56)48-38(43)45-18-4-1-5-22-7-12-24(13-8-22)25-14-9-23(10-15-25)11-16-29(53)49(21-40)26(37(57)58)6-2-3-17-44-19-27(51)31(54)32(55)28(52)20-50/h7-10,12-15,26-28,31-32,44,50-52,54-55H,1-6,11,16-21H2,(H,57,58)(H4,41,42,47)(H3,43,45,48,56)/t26-,27+,28-,31-,32-/m1/s1. The molecule has 5 atom stereocenters. The molecule has 3 aromatic rings. The molecule has 1 aromatic heterocycles. The molecule has 18 nitrogen and oxygen atoms in total. The number of aromatic nitrogens is 2. The van der Waals surface area contributed by atoms with Crippen molar-refractivity contribution in [2.75, 3.05) is 42.3 Å². The number of carboxylic acids is 1. The number of carbonyl (C=O) groups is 3. The summed E-state index contributed by atoms with van der Waals surface area (Å²) in [4.78, 5) is 50.8. The second kappa shape index (κ2) is 24.6. The Hall–Kier alpha value is -4.22. The average Bonchev–Trinajstić information content (AvgIpc) is 3.21. The maximum atomic E-state index is 13.2. The van der Waals surface area contributed by atoms with Gasteiger partial charge in [0.05, 0.1) is 17.3 Å². The maximum absolute atomic E-state index is 13.2. The zero-order valence-electron chi connectivity index (χ0n) is 31.9. The second-order valence-electron chi connectivity index (χ2n) is 13.5.